The lowest BCUT2D eigenvalue weighted by molar-refractivity contribution is 0.222. The summed E-state index contributed by atoms with van der Waals surface area (Å²) in [5.74, 6) is 0.372. The van der Waals surface area contributed by atoms with Crippen LogP contribution in [0.4, 0.5) is 5.82 Å². The number of nitrogen functional groups attached to an aromatic ring is 1. The van der Waals surface area contributed by atoms with Crippen molar-refractivity contribution in [3.63, 3.8) is 0 Å². The molecule has 16 heavy (non-hydrogen) atoms. The number of anilines is 1. The normalized spacial score (nSPS) is 13.1. The molecule has 86 valence electrons. The van der Waals surface area contributed by atoms with Gasteiger partial charge in [-0.05, 0) is 6.42 Å². The fourth-order valence-corrected chi connectivity index (χ4v) is 1.79. The average molecular weight is 221 g/mol. The van der Waals surface area contributed by atoms with Crippen molar-refractivity contribution >= 4 is 17.0 Å². The number of hydrogen-bond acceptors (Lipinski definition) is 5. The zero-order valence-electron chi connectivity index (χ0n) is 9.17. The van der Waals surface area contributed by atoms with Gasteiger partial charge < -0.3 is 15.4 Å². The minimum Gasteiger partial charge on any atom is -0.394 e. The van der Waals surface area contributed by atoms with Crippen molar-refractivity contribution in [2.75, 3.05) is 12.3 Å². The van der Waals surface area contributed by atoms with Crippen LogP contribution in [-0.2, 0) is 0 Å². The Morgan fingerprint density at radius 2 is 2.25 bits per heavy atom. The number of aromatic nitrogens is 4. The van der Waals surface area contributed by atoms with E-state index in [2.05, 4.69) is 21.9 Å². The highest BCUT2D eigenvalue weighted by atomic mass is 16.3. The van der Waals surface area contributed by atoms with Gasteiger partial charge in [-0.2, -0.15) is 0 Å². The maximum Gasteiger partial charge on any atom is 0.165 e. The first-order chi connectivity index (χ1) is 7.77. The maximum absolute atomic E-state index is 9.33. The van der Waals surface area contributed by atoms with Crippen LogP contribution >= 0.6 is 0 Å². The first-order valence-electron chi connectivity index (χ1n) is 5.31. The largest absolute Gasteiger partial charge is 0.394 e. The molecule has 2 rings (SSSR count). The fourth-order valence-electron chi connectivity index (χ4n) is 1.79. The van der Waals surface area contributed by atoms with Crippen LogP contribution in [-0.4, -0.2) is 31.2 Å². The lowest BCUT2D eigenvalue weighted by atomic mass is 10.2. The Labute approximate surface area is 93.1 Å². The van der Waals surface area contributed by atoms with Crippen molar-refractivity contribution < 1.29 is 5.11 Å². The number of rotatable bonds is 4. The van der Waals surface area contributed by atoms with Crippen LogP contribution in [0.3, 0.4) is 0 Å². The van der Waals surface area contributed by atoms with E-state index in [-0.39, 0.29) is 12.6 Å². The van der Waals surface area contributed by atoms with Crippen LogP contribution in [0.25, 0.3) is 11.2 Å². The van der Waals surface area contributed by atoms with Crippen molar-refractivity contribution in [2.45, 2.75) is 25.8 Å². The Balaban J connectivity index is 2.48. The van der Waals surface area contributed by atoms with E-state index in [9.17, 15) is 5.11 Å². The SMILES string of the molecule is CCCC(CO)n1cnc2c(N)ncnc21. The Bertz CT molecular complexity index is 481. The van der Waals surface area contributed by atoms with Gasteiger partial charge in [-0.15, -0.1) is 0 Å². The molecule has 2 heterocycles. The number of hydrogen-bond donors (Lipinski definition) is 2. The Kier molecular flexibility index (Phi) is 3.00. The van der Waals surface area contributed by atoms with Gasteiger partial charge in [-0.3, -0.25) is 0 Å². The van der Waals surface area contributed by atoms with E-state index in [0.717, 1.165) is 12.8 Å². The predicted octanol–water partition coefficient (Wildman–Crippen LogP) is 0.742. The highest BCUT2D eigenvalue weighted by Crippen LogP contribution is 2.21. The fraction of sp³-hybridized carbons (Fsp3) is 0.500. The van der Waals surface area contributed by atoms with E-state index < -0.39 is 0 Å². The number of aliphatic hydroxyl groups excluding tert-OH is 1. The molecule has 0 radical (unpaired) electrons. The molecule has 0 saturated heterocycles. The molecule has 6 nitrogen and oxygen atoms in total. The third kappa shape index (κ3) is 1.71. The lowest BCUT2D eigenvalue weighted by Gasteiger charge is -2.14. The topological polar surface area (TPSA) is 89.8 Å². The summed E-state index contributed by atoms with van der Waals surface area (Å²) in [7, 11) is 0. The molecule has 0 aliphatic rings. The summed E-state index contributed by atoms with van der Waals surface area (Å²) in [6.45, 7) is 2.15. The van der Waals surface area contributed by atoms with E-state index in [4.69, 9.17) is 5.73 Å². The van der Waals surface area contributed by atoms with Crippen LogP contribution in [0, 0.1) is 0 Å². The van der Waals surface area contributed by atoms with Crippen LogP contribution in [0.15, 0.2) is 12.7 Å². The minimum absolute atomic E-state index is 0.00398. The smallest absolute Gasteiger partial charge is 0.165 e. The molecular formula is C10H15N5O. The van der Waals surface area contributed by atoms with Gasteiger partial charge in [0.05, 0.1) is 19.0 Å². The molecule has 0 aliphatic carbocycles. The zero-order valence-corrected chi connectivity index (χ0v) is 9.17. The van der Waals surface area contributed by atoms with E-state index in [0.29, 0.717) is 17.0 Å². The molecule has 0 spiro atoms. The van der Waals surface area contributed by atoms with Crippen LogP contribution in [0.5, 0.6) is 0 Å². The number of fused-ring (bicyclic) bond motifs is 1. The highest BCUT2D eigenvalue weighted by molar-refractivity contribution is 5.81. The molecule has 0 fully saturated rings. The monoisotopic (exact) mass is 221 g/mol. The van der Waals surface area contributed by atoms with Gasteiger partial charge in [0, 0.05) is 0 Å². The maximum atomic E-state index is 9.33. The van der Waals surface area contributed by atoms with Crippen molar-refractivity contribution in [1.29, 1.82) is 0 Å². The van der Waals surface area contributed by atoms with E-state index in [1.54, 1.807) is 6.33 Å². The summed E-state index contributed by atoms with van der Waals surface area (Å²) in [5, 5.41) is 9.33. The highest BCUT2D eigenvalue weighted by Gasteiger charge is 2.14. The van der Waals surface area contributed by atoms with Crippen molar-refractivity contribution in [1.82, 2.24) is 19.5 Å². The van der Waals surface area contributed by atoms with Crippen LogP contribution < -0.4 is 5.73 Å². The molecule has 6 heteroatoms. The molecule has 3 N–H and O–H groups in total. The van der Waals surface area contributed by atoms with Crippen molar-refractivity contribution in [3.8, 4) is 0 Å². The number of nitrogens with two attached hydrogens (primary N) is 1. The Morgan fingerprint density at radius 3 is 2.94 bits per heavy atom. The van der Waals surface area contributed by atoms with Gasteiger partial charge in [0.2, 0.25) is 0 Å². The molecule has 1 atom stereocenters. The molecule has 0 bridgehead atoms. The summed E-state index contributed by atoms with van der Waals surface area (Å²) in [5.41, 5.74) is 6.97. The van der Waals surface area contributed by atoms with Crippen LogP contribution in [0.2, 0.25) is 0 Å². The van der Waals surface area contributed by atoms with Gasteiger partial charge in [0.1, 0.15) is 11.8 Å². The van der Waals surface area contributed by atoms with E-state index in [1.807, 2.05) is 4.57 Å². The molecule has 2 aromatic heterocycles. The Morgan fingerprint density at radius 1 is 1.44 bits per heavy atom. The molecule has 0 aromatic carbocycles. The first-order valence-corrected chi connectivity index (χ1v) is 5.31. The molecule has 2 aromatic rings. The lowest BCUT2D eigenvalue weighted by Crippen LogP contribution is -2.12. The Hall–Kier alpha value is -1.69. The summed E-state index contributed by atoms with van der Waals surface area (Å²) in [6, 6.07) is 0.00398. The van der Waals surface area contributed by atoms with Gasteiger partial charge in [0.15, 0.2) is 11.5 Å². The van der Waals surface area contributed by atoms with Crippen molar-refractivity contribution in [2.24, 2.45) is 0 Å². The molecule has 1 unspecified atom stereocenters. The second kappa shape index (κ2) is 4.44. The van der Waals surface area contributed by atoms with Gasteiger partial charge >= 0.3 is 0 Å². The van der Waals surface area contributed by atoms with Gasteiger partial charge in [-0.25, -0.2) is 15.0 Å². The summed E-state index contributed by atoms with van der Waals surface area (Å²) in [4.78, 5) is 12.2. The third-order valence-corrected chi connectivity index (χ3v) is 2.61. The van der Waals surface area contributed by atoms with Crippen molar-refractivity contribution in [3.05, 3.63) is 12.7 Å². The second-order valence-electron chi connectivity index (χ2n) is 3.71. The summed E-state index contributed by atoms with van der Waals surface area (Å²) in [6.07, 6.45) is 4.94. The predicted molar refractivity (Wildman–Crippen MR) is 60.8 cm³/mol. The first kappa shape index (κ1) is 10.8. The molecule has 0 amide bonds. The standard InChI is InChI=1S/C10H15N5O/c1-2-3-7(4-16)15-6-14-8-9(11)12-5-13-10(8)15/h5-7,16H,2-4H2,1H3,(H2,11,12,13). The molecular weight excluding hydrogens is 206 g/mol. The summed E-state index contributed by atoms with van der Waals surface area (Å²) >= 11 is 0. The number of aliphatic hydroxyl groups is 1. The number of imidazole rings is 1. The molecule has 0 saturated carbocycles. The van der Waals surface area contributed by atoms with E-state index >= 15 is 0 Å². The quantitative estimate of drug-likeness (QED) is 0.794. The van der Waals surface area contributed by atoms with Gasteiger partial charge in [0.25, 0.3) is 0 Å². The minimum atomic E-state index is 0.00398. The third-order valence-electron chi connectivity index (χ3n) is 2.61. The van der Waals surface area contributed by atoms with E-state index in [1.165, 1.54) is 6.33 Å². The van der Waals surface area contributed by atoms with Crippen LogP contribution in [0.1, 0.15) is 25.8 Å². The average Bonchev–Trinajstić information content (AvgIpc) is 2.71. The summed E-state index contributed by atoms with van der Waals surface area (Å²) < 4.78 is 1.86. The zero-order chi connectivity index (χ0) is 11.5. The number of nitrogens with zero attached hydrogens (tertiary/aromatic N) is 4. The van der Waals surface area contributed by atoms with Gasteiger partial charge in [-0.1, -0.05) is 13.3 Å². The molecule has 0 aliphatic heterocycles. The second-order valence-corrected chi connectivity index (χ2v) is 3.71.